The second-order valence-corrected chi connectivity index (χ2v) is 2.52. The maximum Gasteiger partial charge on any atom is 0.315 e. The van der Waals surface area contributed by atoms with Crippen LogP contribution in [-0.2, 0) is 9.53 Å². The molecule has 0 atom stereocenters. The van der Waals surface area contributed by atoms with E-state index in [9.17, 15) is 4.79 Å². The molecule has 5 heteroatoms. The molecule has 0 aromatic heterocycles. The summed E-state index contributed by atoms with van der Waals surface area (Å²) in [5.41, 5.74) is 5.18. The minimum atomic E-state index is -0.187. The number of hydrogen-bond acceptors (Lipinski definition) is 4. The van der Waals surface area contributed by atoms with Crippen LogP contribution in [0.5, 0.6) is 0 Å². The van der Waals surface area contributed by atoms with E-state index in [-0.39, 0.29) is 18.4 Å². The highest BCUT2D eigenvalue weighted by Gasteiger charge is 1.96. The molecule has 3 nitrogen and oxygen atoms in total. The molecule has 0 radical (unpaired) electrons. The molecule has 0 spiro atoms. The molecule has 0 rings (SSSR count). The van der Waals surface area contributed by atoms with Crippen LogP contribution in [0.2, 0.25) is 0 Å². The molecule has 0 aromatic rings. The van der Waals surface area contributed by atoms with Gasteiger partial charge in [0.25, 0.3) is 0 Å². The lowest BCUT2D eigenvalue weighted by atomic mass is 10.8. The van der Waals surface area contributed by atoms with Crippen LogP contribution in [0.15, 0.2) is 0 Å². The van der Waals surface area contributed by atoms with Gasteiger partial charge in [-0.1, -0.05) is 0 Å². The number of thioether (sulfide) groups is 1. The Labute approximate surface area is 71.1 Å². The van der Waals surface area contributed by atoms with E-state index in [1.807, 2.05) is 0 Å². The van der Waals surface area contributed by atoms with Crippen molar-refractivity contribution in [3.8, 4) is 0 Å². The molecule has 0 saturated carbocycles. The summed E-state index contributed by atoms with van der Waals surface area (Å²) in [6.45, 7) is 0.613. The topological polar surface area (TPSA) is 52.3 Å². The lowest BCUT2D eigenvalue weighted by Gasteiger charge is -1.95. The van der Waals surface area contributed by atoms with Crippen LogP contribution in [0, 0.1) is 0 Å². The van der Waals surface area contributed by atoms with Crippen molar-refractivity contribution < 1.29 is 9.53 Å². The zero-order valence-corrected chi connectivity index (χ0v) is 7.46. The Morgan fingerprint density at radius 1 is 1.70 bits per heavy atom. The van der Waals surface area contributed by atoms with Crippen molar-refractivity contribution in [2.24, 2.45) is 5.73 Å². The molecule has 0 aromatic carbocycles. The monoisotopic (exact) mass is 185 g/mol. The maximum absolute atomic E-state index is 10.4. The molecular weight excluding hydrogens is 174 g/mol. The molecule has 0 saturated heterocycles. The van der Waals surface area contributed by atoms with Gasteiger partial charge < -0.3 is 10.5 Å². The standard InChI is InChI=1S/C5H11NO2S.ClH/c1-8-5(7)4-9-3-2-6;/h2-4,6H2,1H3;1H. The number of nitrogens with two attached hydrogens (primary N) is 1. The van der Waals surface area contributed by atoms with Gasteiger partial charge in [0.05, 0.1) is 12.9 Å². The Bertz CT molecular complexity index is 91.7. The average Bonchev–Trinajstić information content (AvgIpc) is 1.89. The van der Waals surface area contributed by atoms with Crippen molar-refractivity contribution in [3.05, 3.63) is 0 Å². The summed E-state index contributed by atoms with van der Waals surface area (Å²) in [5.74, 6) is 1.04. The molecule has 10 heavy (non-hydrogen) atoms. The Kier molecular flexibility index (Phi) is 11.5. The Hall–Kier alpha value is 0.0700. The van der Waals surface area contributed by atoms with Gasteiger partial charge in [-0.15, -0.1) is 24.2 Å². The first-order chi connectivity index (χ1) is 4.31. The highest BCUT2D eigenvalue weighted by Crippen LogP contribution is 1.97. The summed E-state index contributed by atoms with van der Waals surface area (Å²) in [5, 5.41) is 0. The van der Waals surface area contributed by atoms with Crippen molar-refractivity contribution in [1.29, 1.82) is 0 Å². The van der Waals surface area contributed by atoms with Gasteiger partial charge >= 0.3 is 5.97 Å². The number of halogens is 1. The molecule has 0 bridgehead atoms. The van der Waals surface area contributed by atoms with E-state index in [2.05, 4.69) is 4.74 Å². The predicted octanol–water partition coefficient (Wildman–Crippen LogP) is 0.273. The fraction of sp³-hybridized carbons (Fsp3) is 0.800. The molecule has 0 aliphatic rings. The van der Waals surface area contributed by atoms with Gasteiger partial charge in [0.1, 0.15) is 0 Å². The molecule has 0 fully saturated rings. The van der Waals surface area contributed by atoms with Crippen molar-refractivity contribution in [2.45, 2.75) is 0 Å². The lowest BCUT2D eigenvalue weighted by molar-refractivity contribution is -0.137. The zero-order chi connectivity index (χ0) is 7.11. The van der Waals surface area contributed by atoms with Crippen LogP contribution in [0.1, 0.15) is 0 Å². The smallest absolute Gasteiger partial charge is 0.315 e. The van der Waals surface area contributed by atoms with Crippen molar-refractivity contribution in [1.82, 2.24) is 0 Å². The van der Waals surface area contributed by atoms with E-state index >= 15 is 0 Å². The van der Waals surface area contributed by atoms with Gasteiger partial charge in [0.2, 0.25) is 0 Å². The summed E-state index contributed by atoms with van der Waals surface area (Å²) in [6, 6.07) is 0. The van der Waals surface area contributed by atoms with Crippen LogP contribution < -0.4 is 5.73 Å². The van der Waals surface area contributed by atoms with Crippen LogP contribution in [-0.4, -0.2) is 31.1 Å². The van der Waals surface area contributed by atoms with Crippen LogP contribution in [0.3, 0.4) is 0 Å². The van der Waals surface area contributed by atoms with Gasteiger partial charge in [0, 0.05) is 12.3 Å². The molecule has 0 heterocycles. The maximum atomic E-state index is 10.4. The van der Waals surface area contributed by atoms with E-state index in [0.717, 1.165) is 5.75 Å². The summed E-state index contributed by atoms with van der Waals surface area (Å²) in [4.78, 5) is 10.4. The van der Waals surface area contributed by atoms with Crippen molar-refractivity contribution in [3.63, 3.8) is 0 Å². The fourth-order valence-electron chi connectivity index (χ4n) is 0.298. The summed E-state index contributed by atoms with van der Waals surface area (Å²) >= 11 is 1.49. The molecule has 0 aliphatic carbocycles. The number of carbonyl (C=O) groups is 1. The zero-order valence-electron chi connectivity index (χ0n) is 5.83. The summed E-state index contributed by atoms with van der Waals surface area (Å²) in [6.07, 6.45) is 0. The van der Waals surface area contributed by atoms with Crippen molar-refractivity contribution >= 4 is 30.1 Å². The Morgan fingerprint density at radius 2 is 2.30 bits per heavy atom. The normalized spacial score (nSPS) is 8.20. The van der Waals surface area contributed by atoms with Crippen molar-refractivity contribution in [2.75, 3.05) is 25.2 Å². The minimum absolute atomic E-state index is 0. The largest absolute Gasteiger partial charge is 0.468 e. The van der Waals surface area contributed by atoms with E-state index in [1.54, 1.807) is 0 Å². The minimum Gasteiger partial charge on any atom is -0.468 e. The second-order valence-electron chi connectivity index (χ2n) is 1.42. The predicted molar refractivity (Wildman–Crippen MR) is 45.6 cm³/mol. The lowest BCUT2D eigenvalue weighted by Crippen LogP contribution is -2.07. The second kappa shape index (κ2) is 9.07. The van der Waals surface area contributed by atoms with Gasteiger partial charge in [-0.05, 0) is 0 Å². The summed E-state index contributed by atoms with van der Waals surface area (Å²) < 4.78 is 4.40. The Balaban J connectivity index is 0. The number of methoxy groups -OCH3 is 1. The van der Waals surface area contributed by atoms with Gasteiger partial charge in [0.15, 0.2) is 0 Å². The third-order valence-electron chi connectivity index (χ3n) is 0.710. The highest BCUT2D eigenvalue weighted by atomic mass is 35.5. The Morgan fingerprint density at radius 3 is 2.70 bits per heavy atom. The molecule has 2 N–H and O–H groups in total. The van der Waals surface area contributed by atoms with Gasteiger partial charge in [-0.2, -0.15) is 0 Å². The number of hydrogen-bond donors (Lipinski definition) is 1. The first kappa shape index (κ1) is 12.7. The number of rotatable bonds is 4. The van der Waals surface area contributed by atoms with E-state index in [0.29, 0.717) is 12.3 Å². The van der Waals surface area contributed by atoms with Gasteiger partial charge in [-0.3, -0.25) is 4.79 Å². The first-order valence-electron chi connectivity index (χ1n) is 2.66. The fourth-order valence-corrected chi connectivity index (χ4v) is 0.893. The molecule has 0 aliphatic heterocycles. The van der Waals surface area contributed by atoms with E-state index < -0.39 is 0 Å². The van der Waals surface area contributed by atoms with Crippen LogP contribution >= 0.6 is 24.2 Å². The third-order valence-corrected chi connectivity index (χ3v) is 1.67. The van der Waals surface area contributed by atoms with Gasteiger partial charge in [-0.25, -0.2) is 0 Å². The van der Waals surface area contributed by atoms with E-state index in [4.69, 9.17) is 5.73 Å². The molecule has 0 unspecified atom stereocenters. The summed E-state index contributed by atoms with van der Waals surface area (Å²) in [7, 11) is 1.38. The average molecular weight is 186 g/mol. The number of esters is 1. The third kappa shape index (κ3) is 8.07. The SMILES string of the molecule is COC(=O)CSCCN.Cl. The highest BCUT2D eigenvalue weighted by molar-refractivity contribution is 7.99. The molecule has 0 amide bonds. The quantitative estimate of drug-likeness (QED) is 0.505. The van der Waals surface area contributed by atoms with Crippen LogP contribution in [0.4, 0.5) is 0 Å². The first-order valence-corrected chi connectivity index (χ1v) is 3.81. The number of ether oxygens (including phenoxy) is 1. The number of carbonyl (C=O) groups excluding carboxylic acids is 1. The molecule has 62 valence electrons. The molecular formula is C5H12ClNO2S. The van der Waals surface area contributed by atoms with E-state index in [1.165, 1.54) is 18.9 Å². The van der Waals surface area contributed by atoms with Crippen LogP contribution in [0.25, 0.3) is 0 Å².